The predicted molar refractivity (Wildman–Crippen MR) is 214 cm³/mol. The summed E-state index contributed by atoms with van der Waals surface area (Å²) in [7, 11) is 0. The van der Waals surface area contributed by atoms with E-state index in [9.17, 15) is 24.0 Å². The predicted octanol–water partition coefficient (Wildman–Crippen LogP) is 5.19. The summed E-state index contributed by atoms with van der Waals surface area (Å²) in [6.07, 6.45) is 0. The van der Waals surface area contributed by atoms with Gasteiger partial charge in [-0.25, -0.2) is 0 Å². The second-order valence-corrected chi connectivity index (χ2v) is 18.9. The Balaban J connectivity index is 3.64. The molecule has 0 fully saturated rings. The Morgan fingerprint density at radius 1 is 0.482 bits per heavy atom. The second kappa shape index (κ2) is 21.8. The van der Waals surface area contributed by atoms with Gasteiger partial charge >= 0.3 is 29.8 Å². The number of carbonyl (C=O) groups excluding carboxylic acids is 5. The van der Waals surface area contributed by atoms with Crippen LogP contribution in [0.2, 0.25) is 0 Å². The van der Waals surface area contributed by atoms with Crippen LogP contribution < -0.4 is 0 Å². The van der Waals surface area contributed by atoms with E-state index in [1.165, 1.54) is 0 Å². The molecule has 0 saturated carbocycles. The molecule has 0 bridgehead atoms. The molecule has 1 aromatic rings. The number of benzene rings is 1. The number of ether oxygens (including phenoxy) is 6. The lowest BCUT2D eigenvalue weighted by Crippen LogP contribution is -2.53. The summed E-state index contributed by atoms with van der Waals surface area (Å²) in [6, 6.07) is 8.89. The van der Waals surface area contributed by atoms with Crippen molar-refractivity contribution in [2.24, 2.45) is 0 Å². The van der Waals surface area contributed by atoms with Crippen LogP contribution in [0.1, 0.15) is 109 Å². The Morgan fingerprint density at radius 2 is 0.804 bits per heavy atom. The summed E-state index contributed by atoms with van der Waals surface area (Å²) in [5.41, 5.74) is -2.94. The third-order valence-electron chi connectivity index (χ3n) is 6.96. The van der Waals surface area contributed by atoms with Crippen molar-refractivity contribution in [2.45, 2.75) is 145 Å². The van der Waals surface area contributed by atoms with Crippen LogP contribution in [-0.2, 0) is 59.0 Å². The number of hydrogen-bond acceptors (Lipinski definition) is 14. The van der Waals surface area contributed by atoms with E-state index >= 15 is 0 Å². The summed E-state index contributed by atoms with van der Waals surface area (Å²) in [6.45, 7) is 25.9. The quantitative estimate of drug-likeness (QED) is 0.126. The third kappa shape index (κ3) is 26.3. The van der Waals surface area contributed by atoms with Gasteiger partial charge in [0, 0.05) is 25.7 Å². The zero-order valence-electron chi connectivity index (χ0n) is 36.9. The summed E-state index contributed by atoms with van der Waals surface area (Å²) in [5, 5.41) is 0. The van der Waals surface area contributed by atoms with Gasteiger partial charge in [0.25, 0.3) is 0 Å². The molecule has 14 heteroatoms. The molecule has 0 radical (unpaired) electrons. The van der Waals surface area contributed by atoms with Crippen molar-refractivity contribution in [1.29, 1.82) is 0 Å². The Kier molecular flexibility index (Phi) is 19.6. The van der Waals surface area contributed by atoms with Crippen LogP contribution in [0.25, 0.3) is 0 Å². The van der Waals surface area contributed by atoms with Gasteiger partial charge in [0.1, 0.15) is 28.0 Å². The number of carbonyl (C=O) groups is 5. The van der Waals surface area contributed by atoms with Gasteiger partial charge in [0.2, 0.25) is 0 Å². The Hall–Kier alpha value is -3.59. The van der Waals surface area contributed by atoms with Gasteiger partial charge in [-0.15, -0.1) is 0 Å². The topological polar surface area (TPSA) is 150 Å². The number of nitrogens with zero attached hydrogens (tertiary/aromatic N) is 3. The molecular formula is C42H71N3O11. The fourth-order valence-corrected chi connectivity index (χ4v) is 5.25. The highest BCUT2D eigenvalue weighted by atomic mass is 16.6. The molecule has 0 aliphatic heterocycles. The zero-order valence-corrected chi connectivity index (χ0v) is 36.9. The number of rotatable bonds is 20. The van der Waals surface area contributed by atoms with Gasteiger partial charge < -0.3 is 28.4 Å². The van der Waals surface area contributed by atoms with E-state index in [-0.39, 0.29) is 65.6 Å². The van der Waals surface area contributed by atoms with Crippen LogP contribution in [0.5, 0.6) is 0 Å². The molecular weight excluding hydrogens is 722 g/mol. The fourth-order valence-electron chi connectivity index (χ4n) is 5.25. The van der Waals surface area contributed by atoms with Crippen molar-refractivity contribution in [3.63, 3.8) is 0 Å². The monoisotopic (exact) mass is 794 g/mol. The van der Waals surface area contributed by atoms with Gasteiger partial charge in [-0.05, 0) is 109 Å². The minimum atomic E-state index is -0.789. The lowest BCUT2D eigenvalue weighted by molar-refractivity contribution is -0.163. The van der Waals surface area contributed by atoms with Crippen molar-refractivity contribution in [1.82, 2.24) is 14.7 Å². The number of hydrogen-bond donors (Lipinski definition) is 0. The van der Waals surface area contributed by atoms with E-state index in [4.69, 9.17) is 28.4 Å². The molecule has 1 atom stereocenters. The van der Waals surface area contributed by atoms with Crippen LogP contribution >= 0.6 is 0 Å². The van der Waals surface area contributed by atoms with Crippen molar-refractivity contribution in [3.05, 3.63) is 35.9 Å². The highest BCUT2D eigenvalue weighted by Gasteiger charge is 2.32. The third-order valence-corrected chi connectivity index (χ3v) is 6.96. The van der Waals surface area contributed by atoms with E-state index in [0.29, 0.717) is 0 Å². The molecule has 0 aliphatic rings. The maximum Gasteiger partial charge on any atom is 0.320 e. The maximum absolute atomic E-state index is 13.4. The summed E-state index contributed by atoms with van der Waals surface area (Å²) in [4.78, 5) is 71.1. The molecule has 0 amide bonds. The summed E-state index contributed by atoms with van der Waals surface area (Å²) >= 11 is 0. The average Bonchev–Trinajstić information content (AvgIpc) is 2.94. The first-order chi connectivity index (χ1) is 25.4. The minimum Gasteiger partial charge on any atom is -0.459 e. The molecule has 320 valence electrons. The van der Waals surface area contributed by atoms with E-state index < -0.39 is 63.9 Å². The van der Waals surface area contributed by atoms with Crippen molar-refractivity contribution < 1.29 is 52.4 Å². The molecule has 0 N–H and O–H groups in total. The fraction of sp³-hybridized carbons (Fsp3) is 0.738. The molecule has 0 unspecified atom stereocenters. The molecule has 0 heterocycles. The first-order valence-electron chi connectivity index (χ1n) is 19.3. The van der Waals surface area contributed by atoms with Crippen molar-refractivity contribution in [3.8, 4) is 0 Å². The average molecular weight is 794 g/mol. The van der Waals surface area contributed by atoms with Gasteiger partial charge in [-0.3, -0.25) is 38.7 Å². The summed E-state index contributed by atoms with van der Waals surface area (Å²) in [5.74, 6) is -2.71. The lowest BCUT2D eigenvalue weighted by atomic mass is 10.2. The molecule has 14 nitrogen and oxygen atoms in total. The standard InChI is InChI=1S/C42H71N3O11/c1-38(2,3)52-33(46)24-43(21-22-44(25-34(47)53-39(4,5)6)26-35(48)54-40(7,8)9)23-32(30-51-29-31-19-17-16-18-20-31)45(27-36(49)55-41(10,11)12)28-37(50)56-42(13,14)15/h16-20,32H,21-30H2,1-15H3/t32-/m1/s1. The first kappa shape index (κ1) is 50.4. The van der Waals surface area contributed by atoms with Gasteiger partial charge in [0.05, 0.1) is 45.9 Å². The van der Waals surface area contributed by atoms with Crippen LogP contribution in [0.3, 0.4) is 0 Å². The summed E-state index contributed by atoms with van der Waals surface area (Å²) < 4.78 is 34.4. The Morgan fingerprint density at radius 3 is 1.16 bits per heavy atom. The van der Waals surface area contributed by atoms with Crippen LogP contribution in [0.4, 0.5) is 0 Å². The Bertz CT molecular complexity index is 1340. The molecule has 56 heavy (non-hydrogen) atoms. The Labute approximate surface area is 335 Å². The molecule has 1 aromatic carbocycles. The van der Waals surface area contributed by atoms with Gasteiger partial charge in [-0.1, -0.05) is 30.3 Å². The van der Waals surface area contributed by atoms with Crippen LogP contribution in [0.15, 0.2) is 30.3 Å². The van der Waals surface area contributed by atoms with Gasteiger partial charge in [-0.2, -0.15) is 0 Å². The first-order valence-corrected chi connectivity index (χ1v) is 19.3. The van der Waals surface area contributed by atoms with E-state index in [1.807, 2.05) is 30.3 Å². The van der Waals surface area contributed by atoms with E-state index in [2.05, 4.69) is 0 Å². The SMILES string of the molecule is CC(C)(C)OC(=O)CN(CCN(CC(=O)OC(C)(C)C)C[C@H](COCc1ccccc1)N(CC(=O)OC(C)(C)C)CC(=O)OC(C)(C)C)CC(=O)OC(C)(C)C. The van der Waals surface area contributed by atoms with Crippen molar-refractivity contribution in [2.75, 3.05) is 59.0 Å². The second-order valence-electron chi connectivity index (χ2n) is 18.9. The molecule has 0 saturated heterocycles. The molecule has 0 aliphatic carbocycles. The van der Waals surface area contributed by atoms with Crippen LogP contribution in [0, 0.1) is 0 Å². The minimum absolute atomic E-state index is 0.0465. The van der Waals surface area contributed by atoms with E-state index in [1.54, 1.807) is 119 Å². The van der Waals surface area contributed by atoms with Crippen molar-refractivity contribution >= 4 is 29.8 Å². The van der Waals surface area contributed by atoms with Gasteiger partial charge in [0.15, 0.2) is 0 Å². The van der Waals surface area contributed by atoms with E-state index in [0.717, 1.165) is 5.56 Å². The highest BCUT2D eigenvalue weighted by Crippen LogP contribution is 2.16. The largest absolute Gasteiger partial charge is 0.459 e. The normalized spacial score (nSPS) is 13.4. The molecule has 0 aromatic heterocycles. The molecule has 0 spiro atoms. The highest BCUT2D eigenvalue weighted by molar-refractivity contribution is 5.76. The number of esters is 5. The lowest BCUT2D eigenvalue weighted by Gasteiger charge is -2.36. The smallest absolute Gasteiger partial charge is 0.320 e. The maximum atomic E-state index is 13.4. The molecule has 1 rings (SSSR count). The van der Waals surface area contributed by atoms with Crippen LogP contribution in [-0.4, -0.2) is 138 Å². The zero-order chi connectivity index (χ0) is 43.1.